The smallest absolute Gasteiger partial charge is 0.232 e. The normalized spacial score (nSPS) is 9.79. The molecule has 0 radical (unpaired) electrons. The van der Waals surface area contributed by atoms with E-state index in [4.69, 9.17) is 10.00 Å². The average Bonchev–Trinajstić information content (AvgIpc) is 2.43. The number of halogens is 2. The van der Waals surface area contributed by atoms with E-state index < -0.39 is 5.82 Å². The van der Waals surface area contributed by atoms with Crippen LogP contribution in [0.2, 0.25) is 0 Å². The second-order valence-corrected chi connectivity index (χ2v) is 4.34. The number of anilines is 2. The molecular formula is C12H8BrFN4O. The zero-order valence-corrected chi connectivity index (χ0v) is 11.4. The van der Waals surface area contributed by atoms with Crippen LogP contribution in [0.5, 0.6) is 5.88 Å². The summed E-state index contributed by atoms with van der Waals surface area (Å²) in [4.78, 5) is 8.13. The summed E-state index contributed by atoms with van der Waals surface area (Å²) in [5.41, 5.74) is 0.469. The number of hydrogen-bond donors (Lipinski definition) is 1. The summed E-state index contributed by atoms with van der Waals surface area (Å²) in [7, 11) is 1.49. The van der Waals surface area contributed by atoms with Crippen LogP contribution in [0.1, 0.15) is 5.56 Å². The van der Waals surface area contributed by atoms with Gasteiger partial charge in [0.25, 0.3) is 0 Å². The van der Waals surface area contributed by atoms with Crippen LogP contribution in [-0.2, 0) is 0 Å². The van der Waals surface area contributed by atoms with E-state index in [0.29, 0.717) is 16.0 Å². The predicted octanol–water partition coefficient (Wildman–Crippen LogP) is 3.00. The second kappa shape index (κ2) is 5.63. The molecule has 1 aromatic heterocycles. The highest BCUT2D eigenvalue weighted by molar-refractivity contribution is 9.10. The van der Waals surface area contributed by atoms with Gasteiger partial charge in [0.2, 0.25) is 11.8 Å². The number of nitriles is 1. The molecule has 96 valence electrons. The molecule has 0 saturated carbocycles. The SMILES string of the molecule is COc1nc(Nc2ccc(F)c(C#N)c2)ncc1Br. The van der Waals surface area contributed by atoms with Crippen LogP contribution in [0.4, 0.5) is 16.0 Å². The summed E-state index contributed by atoms with van der Waals surface area (Å²) in [5.74, 6) is 0.0954. The quantitative estimate of drug-likeness (QED) is 0.940. The van der Waals surface area contributed by atoms with E-state index in [1.165, 1.54) is 31.5 Å². The van der Waals surface area contributed by atoms with Crippen LogP contribution in [0.3, 0.4) is 0 Å². The van der Waals surface area contributed by atoms with Crippen molar-refractivity contribution in [2.24, 2.45) is 0 Å². The molecule has 0 aliphatic heterocycles. The largest absolute Gasteiger partial charge is 0.480 e. The Morgan fingerprint density at radius 1 is 1.47 bits per heavy atom. The summed E-state index contributed by atoms with van der Waals surface area (Å²) in [6.07, 6.45) is 1.53. The van der Waals surface area contributed by atoms with E-state index in [0.717, 1.165) is 0 Å². The zero-order valence-electron chi connectivity index (χ0n) is 9.82. The number of hydrogen-bond acceptors (Lipinski definition) is 5. The Morgan fingerprint density at radius 2 is 2.26 bits per heavy atom. The van der Waals surface area contributed by atoms with Crippen molar-refractivity contribution in [3.8, 4) is 11.9 Å². The van der Waals surface area contributed by atoms with Gasteiger partial charge in [0, 0.05) is 5.69 Å². The van der Waals surface area contributed by atoms with Crippen LogP contribution >= 0.6 is 15.9 Å². The Kier molecular flexibility index (Phi) is 3.92. The summed E-state index contributed by atoms with van der Waals surface area (Å²) in [6.45, 7) is 0. The van der Waals surface area contributed by atoms with E-state index in [-0.39, 0.29) is 11.5 Å². The lowest BCUT2D eigenvalue weighted by Gasteiger charge is -2.07. The molecule has 1 aromatic carbocycles. The molecule has 0 aliphatic rings. The average molecular weight is 323 g/mol. The van der Waals surface area contributed by atoms with E-state index in [1.54, 1.807) is 6.07 Å². The predicted molar refractivity (Wildman–Crippen MR) is 70.7 cm³/mol. The topological polar surface area (TPSA) is 70.8 Å². The first-order valence-corrected chi connectivity index (χ1v) is 5.96. The summed E-state index contributed by atoms with van der Waals surface area (Å²) in [6, 6.07) is 5.85. The number of methoxy groups -OCH3 is 1. The minimum absolute atomic E-state index is 0.0472. The van der Waals surface area contributed by atoms with Crippen LogP contribution in [0.15, 0.2) is 28.9 Å². The van der Waals surface area contributed by atoms with Gasteiger partial charge >= 0.3 is 0 Å². The minimum atomic E-state index is -0.567. The van der Waals surface area contributed by atoms with E-state index >= 15 is 0 Å². The number of nitrogens with one attached hydrogen (secondary N) is 1. The van der Waals surface area contributed by atoms with Gasteiger partial charge in [0.1, 0.15) is 11.9 Å². The van der Waals surface area contributed by atoms with Gasteiger partial charge in [-0.3, -0.25) is 0 Å². The molecule has 1 N–H and O–H groups in total. The first-order valence-electron chi connectivity index (χ1n) is 5.17. The van der Waals surface area contributed by atoms with E-state index in [2.05, 4.69) is 31.2 Å². The molecule has 0 aliphatic carbocycles. The Hall–Kier alpha value is -2.20. The van der Waals surface area contributed by atoms with Crippen LogP contribution < -0.4 is 10.1 Å². The Balaban J connectivity index is 2.29. The Labute approximate surface area is 117 Å². The molecule has 5 nitrogen and oxygen atoms in total. The monoisotopic (exact) mass is 322 g/mol. The fraction of sp³-hybridized carbons (Fsp3) is 0.0833. The molecule has 0 amide bonds. The molecule has 0 saturated heterocycles. The van der Waals surface area contributed by atoms with Gasteiger partial charge in [-0.2, -0.15) is 10.2 Å². The number of nitrogens with zero attached hydrogens (tertiary/aromatic N) is 3. The Morgan fingerprint density at radius 3 is 2.95 bits per heavy atom. The van der Waals surface area contributed by atoms with Crippen molar-refractivity contribution in [2.45, 2.75) is 0 Å². The van der Waals surface area contributed by atoms with Crippen molar-refractivity contribution in [3.05, 3.63) is 40.2 Å². The lowest BCUT2D eigenvalue weighted by molar-refractivity contribution is 0.394. The molecule has 7 heteroatoms. The molecule has 1 heterocycles. The summed E-state index contributed by atoms with van der Waals surface area (Å²) >= 11 is 3.24. The summed E-state index contributed by atoms with van der Waals surface area (Å²) < 4.78 is 18.8. The van der Waals surface area contributed by atoms with Crippen molar-refractivity contribution in [3.63, 3.8) is 0 Å². The third-order valence-electron chi connectivity index (χ3n) is 2.25. The van der Waals surface area contributed by atoms with Crippen molar-refractivity contribution >= 4 is 27.6 Å². The molecule has 2 aromatic rings. The molecule has 0 fully saturated rings. The fourth-order valence-corrected chi connectivity index (χ4v) is 1.73. The summed E-state index contributed by atoms with van der Waals surface area (Å²) in [5, 5.41) is 11.6. The molecule has 0 atom stereocenters. The number of rotatable bonds is 3. The van der Waals surface area contributed by atoms with Crippen molar-refractivity contribution in [1.29, 1.82) is 5.26 Å². The fourth-order valence-electron chi connectivity index (χ4n) is 1.37. The first-order chi connectivity index (χ1) is 9.13. The second-order valence-electron chi connectivity index (χ2n) is 3.48. The molecule has 19 heavy (non-hydrogen) atoms. The van der Waals surface area contributed by atoms with Gasteiger partial charge in [-0.1, -0.05) is 0 Å². The first kappa shape index (κ1) is 13.2. The van der Waals surface area contributed by atoms with Gasteiger partial charge in [0.15, 0.2) is 0 Å². The highest BCUT2D eigenvalue weighted by atomic mass is 79.9. The third-order valence-corrected chi connectivity index (χ3v) is 2.79. The lowest BCUT2D eigenvalue weighted by atomic mass is 10.2. The molecule has 2 rings (SSSR count). The van der Waals surface area contributed by atoms with Gasteiger partial charge in [-0.05, 0) is 34.1 Å². The maximum absolute atomic E-state index is 13.2. The van der Waals surface area contributed by atoms with Crippen LogP contribution in [0.25, 0.3) is 0 Å². The van der Waals surface area contributed by atoms with Crippen molar-refractivity contribution in [1.82, 2.24) is 9.97 Å². The minimum Gasteiger partial charge on any atom is -0.480 e. The van der Waals surface area contributed by atoms with Gasteiger partial charge in [-0.15, -0.1) is 0 Å². The standard InChI is InChI=1S/C12H8BrFN4O/c1-19-11-9(13)6-16-12(18-11)17-8-2-3-10(14)7(4-8)5-15/h2-4,6H,1H3,(H,16,17,18). The van der Waals surface area contributed by atoms with Crippen LogP contribution in [-0.4, -0.2) is 17.1 Å². The van der Waals surface area contributed by atoms with Crippen LogP contribution in [0, 0.1) is 17.1 Å². The number of benzene rings is 1. The van der Waals surface area contributed by atoms with Gasteiger partial charge in [-0.25, -0.2) is 9.37 Å². The van der Waals surface area contributed by atoms with Gasteiger partial charge < -0.3 is 10.1 Å². The zero-order chi connectivity index (χ0) is 13.8. The van der Waals surface area contributed by atoms with Crippen molar-refractivity contribution < 1.29 is 9.13 Å². The number of aromatic nitrogens is 2. The highest BCUT2D eigenvalue weighted by Crippen LogP contribution is 2.24. The van der Waals surface area contributed by atoms with E-state index in [9.17, 15) is 4.39 Å². The van der Waals surface area contributed by atoms with Crippen molar-refractivity contribution in [2.75, 3.05) is 12.4 Å². The number of ether oxygens (including phenoxy) is 1. The lowest BCUT2D eigenvalue weighted by Crippen LogP contribution is -2.00. The van der Waals surface area contributed by atoms with E-state index in [1.807, 2.05) is 0 Å². The molecular weight excluding hydrogens is 315 g/mol. The maximum atomic E-state index is 13.2. The highest BCUT2D eigenvalue weighted by Gasteiger charge is 2.07. The Bertz CT molecular complexity index is 657. The van der Waals surface area contributed by atoms with Gasteiger partial charge in [0.05, 0.1) is 23.3 Å². The maximum Gasteiger partial charge on any atom is 0.232 e. The molecule has 0 spiro atoms. The third kappa shape index (κ3) is 2.98. The molecule has 0 unspecified atom stereocenters. The molecule has 0 bridgehead atoms.